The molecule has 1 aliphatic heterocycles. The number of rotatable bonds is 6. The fourth-order valence-corrected chi connectivity index (χ4v) is 4.27. The Morgan fingerprint density at radius 2 is 1.75 bits per heavy atom. The predicted octanol–water partition coefficient (Wildman–Crippen LogP) is 6.84. The van der Waals surface area contributed by atoms with Crippen LogP contribution in [0.15, 0.2) is 54.6 Å². The first kappa shape index (κ1) is 18.3. The lowest BCUT2D eigenvalue weighted by Gasteiger charge is -2.12. The van der Waals surface area contributed by atoms with Crippen molar-refractivity contribution in [1.82, 2.24) is 0 Å². The highest BCUT2D eigenvalue weighted by Gasteiger charge is 2.38. The quantitative estimate of drug-likeness (QED) is 0.447. The molecule has 2 nitrogen and oxygen atoms in total. The molecule has 2 heteroatoms. The summed E-state index contributed by atoms with van der Waals surface area (Å²) < 4.78 is 0. The molecule has 0 saturated heterocycles. The summed E-state index contributed by atoms with van der Waals surface area (Å²) in [7, 11) is 0. The van der Waals surface area contributed by atoms with Gasteiger partial charge in [-0.2, -0.15) is 5.26 Å². The van der Waals surface area contributed by atoms with E-state index in [0.717, 1.165) is 36.9 Å². The highest BCUT2D eigenvalue weighted by atomic mass is 15.3. The number of aryl methyl sites for hydroxylation is 1. The number of benzene rings is 3. The van der Waals surface area contributed by atoms with Gasteiger partial charge in [0, 0.05) is 12.1 Å². The van der Waals surface area contributed by atoms with E-state index in [4.69, 9.17) is 0 Å². The van der Waals surface area contributed by atoms with Gasteiger partial charge in [-0.25, -0.2) is 0 Å². The van der Waals surface area contributed by atoms with Crippen LogP contribution in [-0.4, -0.2) is 0 Å². The first-order valence-electron chi connectivity index (χ1n) is 10.1. The molecule has 4 rings (SSSR count). The third-order valence-electron chi connectivity index (χ3n) is 5.66. The molecule has 0 saturated carbocycles. The first-order chi connectivity index (χ1) is 13.7. The Hall–Kier alpha value is -3.05. The smallest absolute Gasteiger partial charge is 0.0998 e. The highest BCUT2D eigenvalue weighted by molar-refractivity contribution is 6.08. The van der Waals surface area contributed by atoms with Crippen LogP contribution in [0.25, 0.3) is 11.1 Å². The van der Waals surface area contributed by atoms with Gasteiger partial charge in [0.15, 0.2) is 0 Å². The van der Waals surface area contributed by atoms with Crippen molar-refractivity contribution in [3.8, 4) is 17.2 Å². The van der Waals surface area contributed by atoms with E-state index >= 15 is 0 Å². The molecule has 140 valence electrons. The molecule has 0 unspecified atom stereocenters. The summed E-state index contributed by atoms with van der Waals surface area (Å²) in [5.41, 5.74) is 10.9. The van der Waals surface area contributed by atoms with Crippen LogP contribution in [0.4, 0.5) is 11.4 Å². The molecule has 1 heterocycles. The summed E-state index contributed by atoms with van der Waals surface area (Å²) in [5, 5.41) is 9.96. The molecule has 3 aromatic carbocycles. The zero-order valence-corrected chi connectivity index (χ0v) is 16.9. The minimum atomic E-state index is 0.861. The van der Waals surface area contributed by atoms with E-state index in [9.17, 15) is 5.26 Å². The fraction of sp³-hybridized carbons (Fsp3) is 0.269. The van der Waals surface area contributed by atoms with Crippen LogP contribution in [0, 0.1) is 25.2 Å². The molecule has 28 heavy (non-hydrogen) atoms. The summed E-state index contributed by atoms with van der Waals surface area (Å²) in [6.45, 7) is 7.31. The average Bonchev–Trinajstić information content (AvgIpc) is 3.40. The fourth-order valence-electron chi connectivity index (χ4n) is 4.27. The second-order valence-corrected chi connectivity index (χ2v) is 7.71. The van der Waals surface area contributed by atoms with Crippen molar-refractivity contribution in [3.63, 3.8) is 0 Å². The maximum absolute atomic E-state index is 9.96. The molecule has 0 aromatic heterocycles. The molecule has 0 fully saturated rings. The Kier molecular flexibility index (Phi) is 4.92. The first-order valence-corrected chi connectivity index (χ1v) is 10.1. The van der Waals surface area contributed by atoms with E-state index < -0.39 is 0 Å². The number of nitrogens with zero attached hydrogens (tertiary/aromatic N) is 2. The van der Waals surface area contributed by atoms with Crippen molar-refractivity contribution in [2.45, 2.75) is 46.6 Å². The molecule has 0 amide bonds. The lowest BCUT2D eigenvalue weighted by molar-refractivity contribution is 0.794. The molecule has 0 spiro atoms. The topological polar surface area (TPSA) is 26.8 Å². The van der Waals surface area contributed by atoms with E-state index in [1.165, 1.54) is 39.2 Å². The Balaban J connectivity index is 1.84. The van der Waals surface area contributed by atoms with Gasteiger partial charge < -0.3 is 4.90 Å². The standard InChI is InChI=1S/C26H26N2/c1-4-5-14-22-23(16-27)19(3)25-26(24(22)21-12-7-6-8-13-21)28(25)17-20-11-9-10-18(2)15-20/h6-13,15H,4-5,14,17H2,1-3H3. The predicted molar refractivity (Wildman–Crippen MR) is 117 cm³/mol. The Morgan fingerprint density at radius 3 is 2.43 bits per heavy atom. The van der Waals surface area contributed by atoms with E-state index in [-0.39, 0.29) is 0 Å². The van der Waals surface area contributed by atoms with Crippen LogP contribution >= 0.6 is 0 Å². The lowest BCUT2D eigenvalue weighted by Crippen LogP contribution is -2.00. The maximum atomic E-state index is 9.96. The number of nitriles is 1. The van der Waals surface area contributed by atoms with Gasteiger partial charge in [0.1, 0.15) is 0 Å². The maximum Gasteiger partial charge on any atom is 0.0998 e. The SMILES string of the molecule is CCCCc1c(C#N)c(C)c2c(c1-c1ccccc1)N2Cc1cccc(C)c1. The van der Waals surface area contributed by atoms with Gasteiger partial charge in [0.25, 0.3) is 0 Å². The Labute approximate surface area is 168 Å². The molecule has 1 aliphatic rings. The summed E-state index contributed by atoms with van der Waals surface area (Å²) in [5.74, 6) is 0. The molecule has 0 N–H and O–H groups in total. The van der Waals surface area contributed by atoms with Crippen molar-refractivity contribution in [2.75, 3.05) is 4.90 Å². The van der Waals surface area contributed by atoms with Crippen LogP contribution in [0.5, 0.6) is 0 Å². The van der Waals surface area contributed by atoms with Crippen molar-refractivity contribution >= 4 is 11.4 Å². The van der Waals surface area contributed by atoms with Crippen LogP contribution in [0.2, 0.25) is 0 Å². The highest BCUT2D eigenvalue weighted by Crippen LogP contribution is 2.59. The summed E-state index contributed by atoms with van der Waals surface area (Å²) >= 11 is 0. The molecular formula is C26H26N2. The average molecular weight is 367 g/mol. The van der Waals surface area contributed by atoms with Crippen molar-refractivity contribution in [1.29, 1.82) is 5.26 Å². The van der Waals surface area contributed by atoms with Gasteiger partial charge in [-0.05, 0) is 48.9 Å². The number of unbranched alkanes of at least 4 members (excludes halogenated alkanes) is 1. The van der Waals surface area contributed by atoms with Gasteiger partial charge in [-0.15, -0.1) is 0 Å². The van der Waals surface area contributed by atoms with Crippen LogP contribution in [-0.2, 0) is 13.0 Å². The minimum Gasteiger partial charge on any atom is -0.333 e. The summed E-state index contributed by atoms with van der Waals surface area (Å²) in [6, 6.07) is 21.8. The molecular weight excluding hydrogens is 340 g/mol. The van der Waals surface area contributed by atoms with E-state index in [0.29, 0.717) is 0 Å². The second-order valence-electron chi connectivity index (χ2n) is 7.71. The minimum absolute atomic E-state index is 0.861. The monoisotopic (exact) mass is 366 g/mol. The lowest BCUT2D eigenvalue weighted by atomic mass is 9.90. The number of anilines is 2. The van der Waals surface area contributed by atoms with Crippen LogP contribution < -0.4 is 4.90 Å². The number of hydrogen-bond donors (Lipinski definition) is 0. The van der Waals surface area contributed by atoms with Crippen LogP contribution in [0.3, 0.4) is 0 Å². The second kappa shape index (κ2) is 7.52. The summed E-state index contributed by atoms with van der Waals surface area (Å²) in [4.78, 5) is 2.39. The summed E-state index contributed by atoms with van der Waals surface area (Å²) in [6.07, 6.45) is 3.18. The molecule has 0 bridgehead atoms. The number of hydrogen-bond acceptors (Lipinski definition) is 2. The van der Waals surface area contributed by atoms with Gasteiger partial charge in [-0.3, -0.25) is 0 Å². The normalized spacial score (nSPS) is 11.9. The molecule has 0 aliphatic carbocycles. The van der Waals surface area contributed by atoms with E-state index in [1.807, 2.05) is 0 Å². The van der Waals surface area contributed by atoms with Gasteiger partial charge in [0.2, 0.25) is 0 Å². The third-order valence-corrected chi connectivity index (χ3v) is 5.66. The van der Waals surface area contributed by atoms with E-state index in [1.54, 1.807) is 0 Å². The molecule has 0 atom stereocenters. The zero-order valence-electron chi connectivity index (χ0n) is 16.9. The molecule has 0 radical (unpaired) electrons. The van der Waals surface area contributed by atoms with Gasteiger partial charge >= 0.3 is 0 Å². The Morgan fingerprint density at radius 1 is 0.964 bits per heavy atom. The van der Waals surface area contributed by atoms with Gasteiger partial charge in [0.05, 0.1) is 23.0 Å². The third kappa shape index (κ3) is 3.18. The van der Waals surface area contributed by atoms with Gasteiger partial charge in [-0.1, -0.05) is 73.5 Å². The van der Waals surface area contributed by atoms with Crippen molar-refractivity contribution in [2.24, 2.45) is 0 Å². The zero-order chi connectivity index (χ0) is 19.7. The molecule has 3 aromatic rings. The van der Waals surface area contributed by atoms with Crippen molar-refractivity contribution in [3.05, 3.63) is 82.4 Å². The van der Waals surface area contributed by atoms with E-state index in [2.05, 4.69) is 86.3 Å². The van der Waals surface area contributed by atoms with Crippen LogP contribution in [0.1, 0.15) is 47.6 Å². The largest absolute Gasteiger partial charge is 0.333 e. The number of fused-ring (bicyclic) bond motifs is 1. The van der Waals surface area contributed by atoms with Crippen molar-refractivity contribution < 1.29 is 0 Å². The Bertz CT molecular complexity index is 1060.